The highest BCUT2D eigenvalue weighted by Crippen LogP contribution is 2.64. The monoisotopic (exact) mass is 473 g/mol. The van der Waals surface area contributed by atoms with E-state index in [0.717, 1.165) is 13.0 Å². The third kappa shape index (κ3) is 2.86. The normalized spacial score (nSPS) is 18.0. The molecule has 1 nitrogen and oxygen atoms in total. The number of allylic oxidation sites excluding steroid dienone is 3. The molecule has 0 amide bonds. The topological polar surface area (TPSA) is 12.0 Å². The smallest absolute Gasteiger partial charge is 0.0722 e. The third-order valence-electron chi connectivity index (χ3n) is 8.61. The van der Waals surface area contributed by atoms with Gasteiger partial charge in [-0.3, -0.25) is 0 Å². The van der Waals surface area contributed by atoms with Gasteiger partial charge in [0.25, 0.3) is 0 Å². The second kappa shape index (κ2) is 7.82. The lowest BCUT2D eigenvalue weighted by molar-refractivity contribution is 0.670. The average molecular weight is 474 g/mol. The summed E-state index contributed by atoms with van der Waals surface area (Å²) in [4.78, 5) is 0. The van der Waals surface area contributed by atoms with Crippen molar-refractivity contribution in [3.05, 3.63) is 155 Å². The largest absolute Gasteiger partial charge is 0.384 e. The lowest BCUT2D eigenvalue weighted by Crippen LogP contribution is -2.28. The van der Waals surface area contributed by atoms with Gasteiger partial charge in [0.15, 0.2) is 0 Å². The van der Waals surface area contributed by atoms with Crippen LogP contribution in [0.5, 0.6) is 0 Å². The average Bonchev–Trinajstić information content (AvgIpc) is 3.43. The minimum atomic E-state index is -0.239. The van der Waals surface area contributed by atoms with Gasteiger partial charge in [-0.05, 0) is 79.8 Å². The number of hydrogen-bond acceptors (Lipinski definition) is 1. The molecule has 5 aromatic carbocycles. The van der Waals surface area contributed by atoms with E-state index in [1.807, 2.05) is 0 Å². The molecule has 0 aliphatic heterocycles. The molecule has 1 atom stereocenters. The van der Waals surface area contributed by atoms with Crippen LogP contribution in [-0.4, -0.2) is 6.54 Å². The Balaban J connectivity index is 1.25. The summed E-state index contributed by atoms with van der Waals surface area (Å²) in [6.45, 7) is 0.918. The summed E-state index contributed by atoms with van der Waals surface area (Å²) < 4.78 is 0. The Morgan fingerprint density at radius 2 is 1.22 bits per heavy atom. The molecule has 1 heteroatoms. The molecule has 1 N–H and O–H groups in total. The van der Waals surface area contributed by atoms with Gasteiger partial charge in [-0.25, -0.2) is 0 Å². The van der Waals surface area contributed by atoms with Crippen LogP contribution in [0.2, 0.25) is 0 Å². The first-order valence-electron chi connectivity index (χ1n) is 13.3. The fourth-order valence-corrected chi connectivity index (χ4v) is 7.05. The highest BCUT2D eigenvalue weighted by atomic mass is 14.9. The van der Waals surface area contributed by atoms with Gasteiger partial charge in [-0.2, -0.15) is 0 Å². The van der Waals surface area contributed by atoms with Gasteiger partial charge in [-0.15, -0.1) is 0 Å². The molecule has 8 rings (SSSR count). The number of anilines is 1. The van der Waals surface area contributed by atoms with Crippen molar-refractivity contribution < 1.29 is 0 Å². The molecule has 0 radical (unpaired) electrons. The van der Waals surface area contributed by atoms with Gasteiger partial charge < -0.3 is 5.32 Å². The number of nitrogens with one attached hydrogen (secondary N) is 1. The van der Waals surface area contributed by atoms with Crippen molar-refractivity contribution in [1.29, 1.82) is 0 Å². The van der Waals surface area contributed by atoms with Gasteiger partial charge >= 0.3 is 0 Å². The first-order valence-corrected chi connectivity index (χ1v) is 13.3. The molecule has 176 valence electrons. The summed E-state index contributed by atoms with van der Waals surface area (Å²) in [6.07, 6.45) is 6.13. The van der Waals surface area contributed by atoms with Crippen molar-refractivity contribution in [3.8, 4) is 11.1 Å². The molecule has 0 bridgehead atoms. The molecule has 1 spiro atoms. The number of benzene rings is 5. The fraction of sp³-hybridized carbons (Fsp3) is 0.111. The van der Waals surface area contributed by atoms with Crippen molar-refractivity contribution in [2.45, 2.75) is 11.8 Å². The number of rotatable bonds is 3. The van der Waals surface area contributed by atoms with E-state index in [9.17, 15) is 0 Å². The van der Waals surface area contributed by atoms with Crippen LogP contribution in [0, 0.1) is 5.92 Å². The maximum absolute atomic E-state index is 3.75. The van der Waals surface area contributed by atoms with Gasteiger partial charge in [0, 0.05) is 12.2 Å². The molecule has 3 aliphatic rings. The van der Waals surface area contributed by atoms with E-state index in [0.29, 0.717) is 5.92 Å². The van der Waals surface area contributed by atoms with Gasteiger partial charge in [0.1, 0.15) is 0 Å². The fourth-order valence-electron chi connectivity index (χ4n) is 7.05. The molecule has 37 heavy (non-hydrogen) atoms. The van der Waals surface area contributed by atoms with Crippen molar-refractivity contribution in [3.63, 3.8) is 0 Å². The highest BCUT2D eigenvalue weighted by Gasteiger charge is 2.53. The summed E-state index contributed by atoms with van der Waals surface area (Å²) in [6, 6.07) is 42.4. The van der Waals surface area contributed by atoms with Crippen molar-refractivity contribution in [2.24, 2.45) is 5.92 Å². The van der Waals surface area contributed by atoms with E-state index in [1.54, 1.807) is 0 Å². The molecule has 3 aliphatic carbocycles. The Morgan fingerprint density at radius 1 is 0.622 bits per heavy atom. The van der Waals surface area contributed by atoms with E-state index in [1.165, 1.54) is 61.0 Å². The Labute approximate surface area is 217 Å². The summed E-state index contributed by atoms with van der Waals surface area (Å²) in [5.41, 5.74) is 12.2. The number of fused-ring (bicyclic) bond motifs is 11. The van der Waals surface area contributed by atoms with Gasteiger partial charge in [0.05, 0.1) is 5.41 Å². The van der Waals surface area contributed by atoms with E-state index in [-0.39, 0.29) is 5.41 Å². The Bertz CT molecular complexity index is 1720. The molecule has 0 fully saturated rings. The van der Waals surface area contributed by atoms with Crippen LogP contribution in [0.25, 0.3) is 27.5 Å². The van der Waals surface area contributed by atoms with Crippen LogP contribution in [0.3, 0.4) is 0 Å². The summed E-state index contributed by atoms with van der Waals surface area (Å²) >= 11 is 0. The summed E-state index contributed by atoms with van der Waals surface area (Å²) in [7, 11) is 0. The van der Waals surface area contributed by atoms with E-state index >= 15 is 0 Å². The minimum absolute atomic E-state index is 0.239. The lowest BCUT2D eigenvalue weighted by Gasteiger charge is -2.33. The molecule has 0 saturated heterocycles. The van der Waals surface area contributed by atoms with Crippen LogP contribution in [0.15, 0.2) is 133 Å². The summed E-state index contributed by atoms with van der Waals surface area (Å²) in [5.74, 6) is 0.427. The quantitative estimate of drug-likeness (QED) is 0.277. The van der Waals surface area contributed by atoms with Crippen molar-refractivity contribution in [1.82, 2.24) is 0 Å². The van der Waals surface area contributed by atoms with Crippen molar-refractivity contribution >= 4 is 22.0 Å². The summed E-state index contributed by atoms with van der Waals surface area (Å²) in [5, 5.41) is 6.31. The molecule has 0 aromatic heterocycles. The van der Waals surface area contributed by atoms with E-state index in [4.69, 9.17) is 0 Å². The zero-order chi connectivity index (χ0) is 24.4. The molecule has 0 saturated carbocycles. The second-order valence-corrected chi connectivity index (χ2v) is 10.5. The standard InChI is InChI=1S/C36H27N/c1-2-10-26-22-27(19-18-25(26)9-1)37-23-24-17-20-31-30-13-5-8-16-34(30)36(35(31)21-24)32-14-6-3-11-28(32)29-12-4-7-15-33(29)36/h1-16,18-22,24,37H,17,23H2. The van der Waals surface area contributed by atoms with Gasteiger partial charge in [-0.1, -0.05) is 115 Å². The predicted molar refractivity (Wildman–Crippen MR) is 155 cm³/mol. The molecule has 0 heterocycles. The number of hydrogen-bond donors (Lipinski definition) is 1. The van der Waals surface area contributed by atoms with E-state index < -0.39 is 0 Å². The van der Waals surface area contributed by atoms with Crippen molar-refractivity contribution in [2.75, 3.05) is 11.9 Å². The zero-order valence-corrected chi connectivity index (χ0v) is 20.6. The van der Waals surface area contributed by atoms with Crippen LogP contribution < -0.4 is 5.32 Å². The lowest BCUT2D eigenvalue weighted by atomic mass is 9.69. The molecule has 5 aromatic rings. The maximum atomic E-state index is 3.75. The van der Waals surface area contributed by atoms with Crippen LogP contribution in [0.4, 0.5) is 5.69 Å². The van der Waals surface area contributed by atoms with Crippen LogP contribution >= 0.6 is 0 Å². The Hall–Kier alpha value is -4.36. The minimum Gasteiger partial charge on any atom is -0.384 e. The Kier molecular flexibility index (Phi) is 4.39. The second-order valence-electron chi connectivity index (χ2n) is 10.5. The van der Waals surface area contributed by atoms with Crippen LogP contribution in [-0.2, 0) is 5.41 Å². The molecular formula is C36H27N. The zero-order valence-electron chi connectivity index (χ0n) is 20.6. The SMILES string of the molecule is C1=C2C(=CC(CNc3ccc4ccccc4c3)C1)C1(c3ccccc32)c2ccccc2-c2ccccc21. The van der Waals surface area contributed by atoms with E-state index in [2.05, 4.69) is 133 Å². The molecule has 1 unspecified atom stereocenters. The Morgan fingerprint density at radius 3 is 1.95 bits per heavy atom. The predicted octanol–water partition coefficient (Wildman–Crippen LogP) is 8.61. The third-order valence-corrected chi connectivity index (χ3v) is 8.61. The van der Waals surface area contributed by atoms with Crippen LogP contribution in [0.1, 0.15) is 28.7 Å². The first-order chi connectivity index (χ1) is 18.3. The highest BCUT2D eigenvalue weighted by molar-refractivity contribution is 6.00. The maximum Gasteiger partial charge on any atom is 0.0722 e. The molecular weight excluding hydrogens is 446 g/mol. The first kappa shape index (κ1) is 20.8. The van der Waals surface area contributed by atoms with Gasteiger partial charge in [0.2, 0.25) is 0 Å².